The number of nitrogens with one attached hydrogen (secondary N) is 1. The average Bonchev–Trinajstić information content (AvgIpc) is 2.82. The maximum atomic E-state index is 13.7. The molecule has 1 heterocycles. The number of nitrogens with zero attached hydrogens (tertiary/aromatic N) is 3. The highest BCUT2D eigenvalue weighted by Gasteiger charge is 2.07. The normalized spacial score (nSPS) is 10.4. The lowest BCUT2D eigenvalue weighted by Gasteiger charge is -2.05. The second kappa shape index (κ2) is 6.07. The number of hydrogen-bond acceptors (Lipinski definition) is 5. The van der Waals surface area contributed by atoms with Gasteiger partial charge in [-0.25, -0.2) is 4.39 Å². The van der Waals surface area contributed by atoms with Gasteiger partial charge in [0.1, 0.15) is 11.9 Å². The Hall–Kier alpha value is -2.26. The van der Waals surface area contributed by atoms with Crippen molar-refractivity contribution in [2.75, 3.05) is 6.54 Å². The van der Waals surface area contributed by atoms with E-state index in [0.29, 0.717) is 36.8 Å². The fourth-order valence-corrected chi connectivity index (χ4v) is 1.66. The van der Waals surface area contributed by atoms with Gasteiger partial charge in [0.25, 0.3) is 0 Å². The molecule has 0 amide bonds. The molecule has 1 aromatic carbocycles. The summed E-state index contributed by atoms with van der Waals surface area (Å²) in [5.41, 5.74) is 0.535. The SMILES string of the molecule is Cc1noc(CCNCc2cccc(C#N)c2F)n1. The molecule has 0 unspecified atom stereocenters. The summed E-state index contributed by atoms with van der Waals surface area (Å²) >= 11 is 0. The number of aromatic nitrogens is 2. The van der Waals surface area contributed by atoms with Gasteiger partial charge in [0.15, 0.2) is 5.82 Å². The van der Waals surface area contributed by atoms with Crippen molar-refractivity contribution in [2.24, 2.45) is 0 Å². The minimum Gasteiger partial charge on any atom is -0.339 e. The quantitative estimate of drug-likeness (QED) is 0.828. The molecule has 0 radical (unpaired) electrons. The van der Waals surface area contributed by atoms with Crippen molar-refractivity contribution in [3.8, 4) is 6.07 Å². The van der Waals surface area contributed by atoms with E-state index in [1.807, 2.05) is 6.07 Å². The fraction of sp³-hybridized carbons (Fsp3) is 0.308. The highest BCUT2D eigenvalue weighted by molar-refractivity contribution is 5.34. The van der Waals surface area contributed by atoms with Gasteiger partial charge in [-0.1, -0.05) is 17.3 Å². The van der Waals surface area contributed by atoms with Crippen molar-refractivity contribution in [1.82, 2.24) is 15.5 Å². The highest BCUT2D eigenvalue weighted by atomic mass is 19.1. The Morgan fingerprint density at radius 2 is 2.32 bits per heavy atom. The Kier molecular flexibility index (Phi) is 4.21. The third-order valence-corrected chi connectivity index (χ3v) is 2.60. The molecule has 1 aromatic heterocycles. The van der Waals surface area contributed by atoms with Crippen LogP contribution >= 0.6 is 0 Å². The van der Waals surface area contributed by atoms with Crippen LogP contribution in [0.15, 0.2) is 22.7 Å². The van der Waals surface area contributed by atoms with Crippen LogP contribution in [0.4, 0.5) is 4.39 Å². The lowest BCUT2D eigenvalue weighted by Crippen LogP contribution is -2.17. The van der Waals surface area contributed by atoms with E-state index in [-0.39, 0.29) is 5.56 Å². The number of nitriles is 1. The summed E-state index contributed by atoms with van der Waals surface area (Å²) in [6.45, 7) is 2.70. The smallest absolute Gasteiger partial charge is 0.227 e. The molecular formula is C13H13FN4O. The maximum absolute atomic E-state index is 13.7. The van der Waals surface area contributed by atoms with E-state index >= 15 is 0 Å². The van der Waals surface area contributed by atoms with Gasteiger partial charge in [0.05, 0.1) is 5.56 Å². The molecule has 0 saturated carbocycles. The topological polar surface area (TPSA) is 74.7 Å². The first-order chi connectivity index (χ1) is 9.20. The van der Waals surface area contributed by atoms with Gasteiger partial charge in [-0.05, 0) is 13.0 Å². The zero-order chi connectivity index (χ0) is 13.7. The van der Waals surface area contributed by atoms with Crippen LogP contribution in [0.3, 0.4) is 0 Å². The molecular weight excluding hydrogens is 247 g/mol. The monoisotopic (exact) mass is 260 g/mol. The van der Waals surface area contributed by atoms with Crippen LogP contribution in [-0.2, 0) is 13.0 Å². The number of aryl methyl sites for hydroxylation is 1. The van der Waals surface area contributed by atoms with Gasteiger partial charge in [-0.3, -0.25) is 0 Å². The molecule has 0 atom stereocenters. The third kappa shape index (κ3) is 3.36. The molecule has 0 bridgehead atoms. The molecule has 0 saturated heterocycles. The minimum atomic E-state index is -0.467. The van der Waals surface area contributed by atoms with E-state index in [4.69, 9.17) is 9.78 Å². The number of halogens is 1. The molecule has 0 fully saturated rings. The minimum absolute atomic E-state index is 0.0619. The second-order valence-electron chi connectivity index (χ2n) is 4.05. The first kappa shape index (κ1) is 13.2. The maximum Gasteiger partial charge on any atom is 0.227 e. The van der Waals surface area contributed by atoms with Crippen molar-refractivity contribution in [3.63, 3.8) is 0 Å². The first-order valence-corrected chi connectivity index (χ1v) is 5.88. The average molecular weight is 260 g/mol. The van der Waals surface area contributed by atoms with Crippen LogP contribution in [-0.4, -0.2) is 16.7 Å². The molecule has 6 heteroatoms. The summed E-state index contributed by atoms with van der Waals surface area (Å²) < 4.78 is 18.7. The Labute approximate surface area is 110 Å². The van der Waals surface area contributed by atoms with Crippen LogP contribution in [0, 0.1) is 24.1 Å². The van der Waals surface area contributed by atoms with Gasteiger partial charge in [0.2, 0.25) is 5.89 Å². The molecule has 1 N–H and O–H groups in total. The molecule has 2 aromatic rings. The van der Waals surface area contributed by atoms with Crippen molar-refractivity contribution in [3.05, 3.63) is 46.9 Å². The van der Waals surface area contributed by atoms with Gasteiger partial charge in [-0.2, -0.15) is 10.2 Å². The Bertz CT molecular complexity index is 603. The lowest BCUT2D eigenvalue weighted by molar-refractivity contribution is 0.372. The Morgan fingerprint density at radius 1 is 1.47 bits per heavy atom. The van der Waals surface area contributed by atoms with Crippen molar-refractivity contribution in [2.45, 2.75) is 19.9 Å². The van der Waals surface area contributed by atoms with Crippen molar-refractivity contribution in [1.29, 1.82) is 5.26 Å². The molecule has 0 aliphatic rings. The van der Waals surface area contributed by atoms with Crippen LogP contribution in [0.2, 0.25) is 0 Å². The third-order valence-electron chi connectivity index (χ3n) is 2.60. The standard InChI is InChI=1S/C13H13FN4O/c1-9-17-12(19-18-9)5-6-16-8-11-4-2-3-10(7-15)13(11)14/h2-4,16H,5-6,8H2,1H3. The lowest BCUT2D eigenvalue weighted by atomic mass is 10.1. The van der Waals surface area contributed by atoms with E-state index in [2.05, 4.69) is 15.5 Å². The Morgan fingerprint density at radius 3 is 3.00 bits per heavy atom. The summed E-state index contributed by atoms with van der Waals surface area (Å²) in [5, 5.41) is 15.5. The van der Waals surface area contributed by atoms with Crippen LogP contribution < -0.4 is 5.32 Å². The van der Waals surface area contributed by atoms with Gasteiger partial charge < -0.3 is 9.84 Å². The number of hydrogen-bond donors (Lipinski definition) is 1. The van der Waals surface area contributed by atoms with Gasteiger partial charge >= 0.3 is 0 Å². The molecule has 0 aliphatic carbocycles. The number of benzene rings is 1. The molecule has 0 aliphatic heterocycles. The van der Waals surface area contributed by atoms with Crippen molar-refractivity contribution >= 4 is 0 Å². The van der Waals surface area contributed by atoms with E-state index in [9.17, 15) is 4.39 Å². The largest absolute Gasteiger partial charge is 0.339 e. The second-order valence-corrected chi connectivity index (χ2v) is 4.05. The summed E-state index contributed by atoms with van der Waals surface area (Å²) in [5.74, 6) is 0.685. The highest BCUT2D eigenvalue weighted by Crippen LogP contribution is 2.11. The molecule has 5 nitrogen and oxygen atoms in total. The fourth-order valence-electron chi connectivity index (χ4n) is 1.66. The summed E-state index contributed by atoms with van der Waals surface area (Å²) in [6.07, 6.45) is 0.584. The molecule has 2 rings (SSSR count). The first-order valence-electron chi connectivity index (χ1n) is 5.88. The Balaban J connectivity index is 1.85. The molecule has 0 spiro atoms. The van der Waals surface area contributed by atoms with Crippen LogP contribution in [0.1, 0.15) is 22.8 Å². The van der Waals surface area contributed by atoms with Gasteiger partial charge in [0, 0.05) is 25.1 Å². The van der Waals surface area contributed by atoms with Crippen LogP contribution in [0.5, 0.6) is 0 Å². The predicted octanol–water partition coefficient (Wildman–Crippen LogP) is 1.72. The molecule has 19 heavy (non-hydrogen) atoms. The zero-order valence-electron chi connectivity index (χ0n) is 10.5. The van der Waals surface area contributed by atoms with E-state index < -0.39 is 5.82 Å². The summed E-state index contributed by atoms with van der Waals surface area (Å²) in [7, 11) is 0. The zero-order valence-corrected chi connectivity index (χ0v) is 10.5. The summed E-state index contributed by atoms with van der Waals surface area (Å²) in [4.78, 5) is 4.07. The van der Waals surface area contributed by atoms with E-state index in [1.165, 1.54) is 6.07 Å². The summed E-state index contributed by atoms with van der Waals surface area (Å²) in [6, 6.07) is 6.60. The van der Waals surface area contributed by atoms with E-state index in [1.54, 1.807) is 19.1 Å². The predicted molar refractivity (Wildman–Crippen MR) is 65.6 cm³/mol. The number of rotatable bonds is 5. The van der Waals surface area contributed by atoms with Crippen molar-refractivity contribution < 1.29 is 8.91 Å². The van der Waals surface area contributed by atoms with E-state index in [0.717, 1.165) is 0 Å². The van der Waals surface area contributed by atoms with Gasteiger partial charge in [-0.15, -0.1) is 0 Å². The van der Waals surface area contributed by atoms with Crippen LogP contribution in [0.25, 0.3) is 0 Å². The molecule has 98 valence electrons.